The van der Waals surface area contributed by atoms with Crippen molar-refractivity contribution in [3.05, 3.63) is 23.4 Å². The van der Waals surface area contributed by atoms with E-state index in [1.807, 2.05) is 13.8 Å². The zero-order chi connectivity index (χ0) is 9.84. The Bertz CT molecular complexity index is 359. The Morgan fingerprint density at radius 1 is 1.77 bits per heavy atom. The highest BCUT2D eigenvalue weighted by atomic mass is 32.1. The van der Waals surface area contributed by atoms with E-state index in [1.165, 1.54) is 11.5 Å². The predicted molar refractivity (Wildman–Crippen MR) is 54.9 cm³/mol. The summed E-state index contributed by atoms with van der Waals surface area (Å²) in [5.74, 6) is 0. The fourth-order valence-electron chi connectivity index (χ4n) is 0.853. The van der Waals surface area contributed by atoms with E-state index in [4.69, 9.17) is 5.26 Å². The SMILES string of the molecule is C=C(C)CNc1snc(C)c1C#N. The number of rotatable bonds is 3. The molecule has 1 rings (SSSR count). The van der Waals surface area contributed by atoms with Crippen molar-refractivity contribution < 1.29 is 0 Å². The lowest BCUT2D eigenvalue weighted by Gasteiger charge is -2.01. The Hall–Kier alpha value is -1.34. The van der Waals surface area contributed by atoms with Gasteiger partial charge in [0.1, 0.15) is 16.6 Å². The molecule has 0 unspecified atom stereocenters. The third-order valence-corrected chi connectivity index (χ3v) is 2.42. The number of aromatic nitrogens is 1. The number of hydrogen-bond acceptors (Lipinski definition) is 4. The molecular weight excluding hydrogens is 182 g/mol. The molecule has 0 radical (unpaired) electrons. The second kappa shape index (κ2) is 4.06. The summed E-state index contributed by atoms with van der Waals surface area (Å²) in [6, 6.07) is 2.12. The van der Waals surface area contributed by atoms with Gasteiger partial charge < -0.3 is 5.32 Å². The first-order chi connectivity index (χ1) is 6.15. The minimum Gasteiger partial charge on any atom is -0.371 e. The van der Waals surface area contributed by atoms with E-state index in [9.17, 15) is 0 Å². The average Bonchev–Trinajstić information content (AvgIpc) is 2.42. The lowest BCUT2D eigenvalue weighted by Crippen LogP contribution is -2.01. The van der Waals surface area contributed by atoms with Gasteiger partial charge in [0.25, 0.3) is 0 Å². The zero-order valence-electron chi connectivity index (χ0n) is 7.72. The molecule has 0 saturated carbocycles. The Morgan fingerprint density at radius 2 is 2.46 bits per heavy atom. The fourth-order valence-corrected chi connectivity index (χ4v) is 1.59. The Balaban J connectivity index is 2.78. The van der Waals surface area contributed by atoms with E-state index in [0.29, 0.717) is 12.1 Å². The highest BCUT2D eigenvalue weighted by Gasteiger charge is 2.08. The number of hydrogen-bond donors (Lipinski definition) is 1. The summed E-state index contributed by atoms with van der Waals surface area (Å²) in [6.45, 7) is 8.23. The topological polar surface area (TPSA) is 48.7 Å². The maximum Gasteiger partial charge on any atom is 0.127 e. The van der Waals surface area contributed by atoms with Crippen LogP contribution in [0.2, 0.25) is 0 Å². The summed E-state index contributed by atoms with van der Waals surface area (Å²) < 4.78 is 4.09. The molecule has 4 heteroatoms. The standard InChI is InChI=1S/C9H11N3S/c1-6(2)5-11-9-8(4-10)7(3)12-13-9/h11H,1,5H2,2-3H3. The largest absolute Gasteiger partial charge is 0.371 e. The van der Waals surface area contributed by atoms with Crippen LogP contribution >= 0.6 is 11.5 Å². The van der Waals surface area contributed by atoms with Crippen molar-refractivity contribution in [3.8, 4) is 6.07 Å². The van der Waals surface area contributed by atoms with Crippen molar-refractivity contribution in [1.29, 1.82) is 5.26 Å². The summed E-state index contributed by atoms with van der Waals surface area (Å²) in [4.78, 5) is 0. The smallest absolute Gasteiger partial charge is 0.127 e. The quantitative estimate of drug-likeness (QED) is 0.749. The van der Waals surface area contributed by atoms with Crippen LogP contribution in [0, 0.1) is 18.3 Å². The van der Waals surface area contributed by atoms with Crippen molar-refractivity contribution in [2.24, 2.45) is 0 Å². The van der Waals surface area contributed by atoms with E-state index < -0.39 is 0 Å². The van der Waals surface area contributed by atoms with Crippen LogP contribution in [0.1, 0.15) is 18.2 Å². The fraction of sp³-hybridized carbons (Fsp3) is 0.333. The minimum atomic E-state index is 0.645. The van der Waals surface area contributed by atoms with Crippen molar-refractivity contribution in [3.63, 3.8) is 0 Å². The minimum absolute atomic E-state index is 0.645. The lowest BCUT2D eigenvalue weighted by atomic mass is 10.2. The molecule has 0 fully saturated rings. The van der Waals surface area contributed by atoms with Gasteiger partial charge in [-0.1, -0.05) is 12.2 Å². The molecule has 0 amide bonds. The number of nitrogens with one attached hydrogen (secondary N) is 1. The molecule has 0 aliphatic carbocycles. The van der Waals surface area contributed by atoms with E-state index in [0.717, 1.165) is 16.3 Å². The molecule has 68 valence electrons. The molecule has 1 heterocycles. The monoisotopic (exact) mass is 193 g/mol. The summed E-state index contributed by atoms with van der Waals surface area (Å²) in [7, 11) is 0. The van der Waals surface area contributed by atoms with Crippen LogP contribution in [0.15, 0.2) is 12.2 Å². The van der Waals surface area contributed by atoms with Gasteiger partial charge in [-0.25, -0.2) is 0 Å². The molecule has 1 N–H and O–H groups in total. The Morgan fingerprint density at radius 3 is 3.00 bits per heavy atom. The van der Waals surface area contributed by atoms with E-state index in [1.54, 1.807) is 0 Å². The summed E-state index contributed by atoms with van der Waals surface area (Å²) in [5, 5.41) is 12.8. The van der Waals surface area contributed by atoms with Gasteiger partial charge >= 0.3 is 0 Å². The molecule has 0 aromatic carbocycles. The van der Waals surface area contributed by atoms with E-state index in [2.05, 4.69) is 22.3 Å². The molecule has 3 nitrogen and oxygen atoms in total. The van der Waals surface area contributed by atoms with E-state index in [-0.39, 0.29) is 0 Å². The molecule has 13 heavy (non-hydrogen) atoms. The van der Waals surface area contributed by atoms with Gasteiger partial charge in [0.15, 0.2) is 0 Å². The number of nitriles is 1. The van der Waals surface area contributed by atoms with Gasteiger partial charge in [-0.05, 0) is 25.4 Å². The van der Waals surface area contributed by atoms with Gasteiger partial charge in [0.05, 0.1) is 5.69 Å². The van der Waals surface area contributed by atoms with Gasteiger partial charge in [-0.15, -0.1) is 0 Å². The molecular formula is C9H11N3S. The molecule has 0 aliphatic heterocycles. The first-order valence-corrected chi connectivity index (χ1v) is 4.67. The van der Waals surface area contributed by atoms with Gasteiger partial charge in [0, 0.05) is 6.54 Å². The van der Waals surface area contributed by atoms with Gasteiger partial charge in [-0.2, -0.15) is 9.64 Å². The highest BCUT2D eigenvalue weighted by molar-refractivity contribution is 7.10. The Kier molecular flexibility index (Phi) is 3.04. The maximum absolute atomic E-state index is 8.81. The van der Waals surface area contributed by atoms with Crippen LogP contribution in [0.3, 0.4) is 0 Å². The van der Waals surface area contributed by atoms with Gasteiger partial charge in [0.2, 0.25) is 0 Å². The molecule has 0 spiro atoms. The van der Waals surface area contributed by atoms with Crippen molar-refractivity contribution >= 4 is 16.5 Å². The predicted octanol–water partition coefficient (Wildman–Crippen LogP) is 2.31. The number of anilines is 1. The molecule has 0 atom stereocenters. The van der Waals surface area contributed by atoms with Crippen LogP contribution in [0.25, 0.3) is 0 Å². The lowest BCUT2D eigenvalue weighted by molar-refractivity contribution is 1.22. The summed E-state index contributed by atoms with van der Waals surface area (Å²) in [6.07, 6.45) is 0. The highest BCUT2D eigenvalue weighted by Crippen LogP contribution is 2.23. The third-order valence-electron chi connectivity index (χ3n) is 1.53. The third kappa shape index (κ3) is 2.30. The van der Waals surface area contributed by atoms with Crippen LogP contribution in [0.5, 0.6) is 0 Å². The van der Waals surface area contributed by atoms with Crippen LogP contribution in [-0.2, 0) is 0 Å². The molecule has 0 aliphatic rings. The maximum atomic E-state index is 8.81. The van der Waals surface area contributed by atoms with Crippen LogP contribution < -0.4 is 5.32 Å². The van der Waals surface area contributed by atoms with Gasteiger partial charge in [-0.3, -0.25) is 0 Å². The van der Waals surface area contributed by atoms with Crippen molar-refractivity contribution in [1.82, 2.24) is 4.37 Å². The average molecular weight is 193 g/mol. The first kappa shape index (κ1) is 9.75. The van der Waals surface area contributed by atoms with Crippen LogP contribution in [-0.4, -0.2) is 10.9 Å². The first-order valence-electron chi connectivity index (χ1n) is 3.89. The second-order valence-electron chi connectivity index (χ2n) is 2.89. The molecule has 0 bridgehead atoms. The summed E-state index contributed by atoms with van der Waals surface area (Å²) >= 11 is 1.32. The molecule has 1 aromatic rings. The van der Waals surface area contributed by atoms with Crippen LogP contribution in [0.4, 0.5) is 5.00 Å². The number of aryl methyl sites for hydroxylation is 1. The Labute approximate surface area is 81.9 Å². The summed E-state index contributed by atoms with van der Waals surface area (Å²) in [5.41, 5.74) is 2.47. The molecule has 1 aromatic heterocycles. The van der Waals surface area contributed by atoms with Crippen molar-refractivity contribution in [2.75, 3.05) is 11.9 Å². The molecule has 0 saturated heterocycles. The zero-order valence-corrected chi connectivity index (χ0v) is 8.53. The van der Waals surface area contributed by atoms with Crippen molar-refractivity contribution in [2.45, 2.75) is 13.8 Å². The normalized spacial score (nSPS) is 9.31. The second-order valence-corrected chi connectivity index (χ2v) is 3.67. The van der Waals surface area contributed by atoms with E-state index >= 15 is 0 Å². The number of nitrogens with zero attached hydrogens (tertiary/aromatic N) is 2.